The number of nitrogens with zero attached hydrogens (tertiary/aromatic N) is 1. The lowest BCUT2D eigenvalue weighted by molar-refractivity contribution is 0.0844. The van der Waals surface area contributed by atoms with Gasteiger partial charge < -0.3 is 4.98 Å². The Bertz CT molecular complexity index is 947. The second kappa shape index (κ2) is 8.61. The molecule has 136 valence electrons. The van der Waals surface area contributed by atoms with Crippen molar-refractivity contribution in [1.82, 2.24) is 20.6 Å². The number of amides is 2. The number of rotatable bonds is 6. The molecule has 2 aromatic rings. The smallest absolute Gasteiger partial charge is 0.286 e. The number of carbonyl (C=O) groups excluding carboxylic acids is 2. The van der Waals surface area contributed by atoms with Gasteiger partial charge in [-0.25, -0.2) is 13.1 Å². The molecule has 2 amide bonds. The molecule has 2 rings (SSSR count). The van der Waals surface area contributed by atoms with Gasteiger partial charge in [0.05, 0.1) is 11.0 Å². The van der Waals surface area contributed by atoms with E-state index in [1.165, 1.54) is 24.3 Å². The number of benzene rings is 1. The van der Waals surface area contributed by atoms with Crippen LogP contribution in [0.3, 0.4) is 0 Å². The van der Waals surface area contributed by atoms with Crippen LogP contribution in [-0.4, -0.2) is 31.8 Å². The molecule has 1 heterocycles. The fourth-order valence-electron chi connectivity index (χ4n) is 1.86. The summed E-state index contributed by atoms with van der Waals surface area (Å²) in [4.78, 5) is 26.5. The van der Waals surface area contributed by atoms with Crippen molar-refractivity contribution in [3.8, 4) is 6.07 Å². The van der Waals surface area contributed by atoms with E-state index in [1.54, 1.807) is 12.3 Å². The van der Waals surface area contributed by atoms with Crippen LogP contribution in [0.25, 0.3) is 0 Å². The Morgan fingerprint density at radius 3 is 2.38 bits per heavy atom. The molecule has 26 heavy (non-hydrogen) atoms. The van der Waals surface area contributed by atoms with Crippen molar-refractivity contribution in [2.24, 2.45) is 0 Å². The van der Waals surface area contributed by atoms with Crippen LogP contribution < -0.4 is 15.6 Å². The third-order valence-corrected chi connectivity index (χ3v) is 5.07. The third-order valence-electron chi connectivity index (χ3n) is 3.14. The minimum Gasteiger partial charge on any atom is -0.356 e. The summed E-state index contributed by atoms with van der Waals surface area (Å²) in [5, 5.41) is 8.43. The number of hydrazine groups is 1. The number of nitriles is 1. The van der Waals surface area contributed by atoms with Crippen LogP contribution in [0.4, 0.5) is 0 Å². The van der Waals surface area contributed by atoms with E-state index in [-0.39, 0.29) is 29.1 Å². The second-order valence-electron chi connectivity index (χ2n) is 4.97. The van der Waals surface area contributed by atoms with E-state index in [2.05, 4.69) is 36.5 Å². The van der Waals surface area contributed by atoms with E-state index in [4.69, 9.17) is 5.26 Å². The van der Waals surface area contributed by atoms with Crippen molar-refractivity contribution < 1.29 is 18.0 Å². The standard InChI is InChI=1S/C15H14BrN5O4S/c16-11-8-13(18-9-11)15(23)21-20-14(22)10-2-4-12(5-3-10)26(24,25)19-7-1-6-17/h2-5,8-9,18-19H,1,7H2,(H,20,22)(H,21,23). The van der Waals surface area contributed by atoms with Crippen LogP contribution in [-0.2, 0) is 10.0 Å². The Kier molecular flexibility index (Phi) is 6.51. The average molecular weight is 440 g/mol. The normalized spacial score (nSPS) is 10.8. The number of carbonyl (C=O) groups is 2. The first-order valence-corrected chi connectivity index (χ1v) is 9.52. The average Bonchev–Trinajstić information content (AvgIpc) is 3.06. The molecule has 4 N–H and O–H groups in total. The van der Waals surface area contributed by atoms with Crippen LogP contribution in [0, 0.1) is 11.3 Å². The zero-order chi connectivity index (χ0) is 19.2. The fourth-order valence-corrected chi connectivity index (χ4v) is 3.24. The molecule has 0 spiro atoms. The first-order valence-electron chi connectivity index (χ1n) is 7.25. The van der Waals surface area contributed by atoms with Gasteiger partial charge in [-0.1, -0.05) is 0 Å². The highest BCUT2D eigenvalue weighted by Gasteiger charge is 2.15. The van der Waals surface area contributed by atoms with Gasteiger partial charge in [-0.05, 0) is 46.3 Å². The molecule has 0 aliphatic heterocycles. The number of hydrogen-bond donors (Lipinski definition) is 4. The van der Waals surface area contributed by atoms with E-state index in [0.29, 0.717) is 4.47 Å². The first-order chi connectivity index (χ1) is 12.3. The Balaban J connectivity index is 1.96. The van der Waals surface area contributed by atoms with Gasteiger partial charge in [0, 0.05) is 29.2 Å². The van der Waals surface area contributed by atoms with E-state index in [0.717, 1.165) is 0 Å². The van der Waals surface area contributed by atoms with Gasteiger partial charge >= 0.3 is 0 Å². The van der Waals surface area contributed by atoms with E-state index >= 15 is 0 Å². The highest BCUT2D eigenvalue weighted by atomic mass is 79.9. The highest BCUT2D eigenvalue weighted by Crippen LogP contribution is 2.11. The summed E-state index contributed by atoms with van der Waals surface area (Å²) in [6.07, 6.45) is 1.62. The lowest BCUT2D eigenvalue weighted by Gasteiger charge is -2.08. The maximum atomic E-state index is 12.0. The molecule has 0 saturated heterocycles. The summed E-state index contributed by atoms with van der Waals surface area (Å²) in [7, 11) is -3.75. The van der Waals surface area contributed by atoms with Gasteiger partial charge in [0.1, 0.15) is 5.69 Å². The zero-order valence-electron chi connectivity index (χ0n) is 13.2. The molecule has 0 unspecified atom stereocenters. The van der Waals surface area contributed by atoms with Gasteiger partial charge in [-0.15, -0.1) is 0 Å². The fraction of sp³-hybridized carbons (Fsp3) is 0.133. The summed E-state index contributed by atoms with van der Waals surface area (Å²) in [5.41, 5.74) is 4.88. The molecule has 0 bridgehead atoms. The van der Waals surface area contributed by atoms with Crippen molar-refractivity contribution in [2.75, 3.05) is 6.54 Å². The Hall–Kier alpha value is -2.68. The Labute approximate surface area is 157 Å². The molecule has 0 radical (unpaired) electrons. The van der Waals surface area contributed by atoms with Crippen LogP contribution in [0.2, 0.25) is 0 Å². The predicted octanol–water partition coefficient (Wildman–Crippen LogP) is 1.04. The third kappa shape index (κ3) is 5.16. The summed E-state index contributed by atoms with van der Waals surface area (Å²) < 4.78 is 26.9. The van der Waals surface area contributed by atoms with E-state index < -0.39 is 21.8 Å². The summed E-state index contributed by atoms with van der Waals surface area (Å²) in [6, 6.07) is 8.51. The van der Waals surface area contributed by atoms with Gasteiger partial charge in [0.2, 0.25) is 10.0 Å². The van der Waals surface area contributed by atoms with Crippen molar-refractivity contribution in [1.29, 1.82) is 5.26 Å². The molecule has 9 nitrogen and oxygen atoms in total. The molecule has 11 heteroatoms. The maximum absolute atomic E-state index is 12.0. The second-order valence-corrected chi connectivity index (χ2v) is 7.65. The van der Waals surface area contributed by atoms with Crippen molar-refractivity contribution in [3.63, 3.8) is 0 Å². The van der Waals surface area contributed by atoms with E-state index in [1.807, 2.05) is 6.07 Å². The molecule has 1 aromatic heterocycles. The Morgan fingerprint density at radius 1 is 1.15 bits per heavy atom. The molecule has 0 atom stereocenters. The van der Waals surface area contributed by atoms with Crippen molar-refractivity contribution in [3.05, 3.63) is 52.3 Å². The van der Waals surface area contributed by atoms with Crippen molar-refractivity contribution in [2.45, 2.75) is 11.3 Å². The highest BCUT2D eigenvalue weighted by molar-refractivity contribution is 9.10. The number of aromatic amines is 1. The summed E-state index contributed by atoms with van der Waals surface area (Å²) >= 11 is 3.19. The molecule has 0 aliphatic rings. The number of sulfonamides is 1. The van der Waals surface area contributed by atoms with Gasteiger partial charge in [-0.3, -0.25) is 20.4 Å². The lowest BCUT2D eigenvalue weighted by Crippen LogP contribution is -2.41. The maximum Gasteiger partial charge on any atom is 0.286 e. The van der Waals surface area contributed by atoms with Crippen LogP contribution in [0.5, 0.6) is 0 Å². The quantitative estimate of drug-likeness (QED) is 0.392. The molecular weight excluding hydrogens is 426 g/mol. The molecule has 1 aromatic carbocycles. The number of nitrogens with one attached hydrogen (secondary N) is 4. The molecule has 0 fully saturated rings. The van der Waals surface area contributed by atoms with Crippen LogP contribution >= 0.6 is 15.9 Å². The summed E-state index contributed by atoms with van der Waals surface area (Å²) in [5.74, 6) is -1.14. The summed E-state index contributed by atoms with van der Waals surface area (Å²) in [6.45, 7) is 0.00194. The molecule has 0 saturated carbocycles. The monoisotopic (exact) mass is 439 g/mol. The lowest BCUT2D eigenvalue weighted by atomic mass is 10.2. The number of aromatic nitrogens is 1. The van der Waals surface area contributed by atoms with Gasteiger partial charge in [0.15, 0.2) is 0 Å². The van der Waals surface area contributed by atoms with Gasteiger partial charge in [-0.2, -0.15) is 5.26 Å². The molecular formula is C15H14BrN5O4S. The largest absolute Gasteiger partial charge is 0.356 e. The minimum atomic E-state index is -3.75. The number of H-pyrrole nitrogens is 1. The van der Waals surface area contributed by atoms with Crippen molar-refractivity contribution >= 4 is 37.8 Å². The molecule has 0 aliphatic carbocycles. The Morgan fingerprint density at radius 2 is 1.81 bits per heavy atom. The zero-order valence-corrected chi connectivity index (χ0v) is 15.6. The van der Waals surface area contributed by atoms with E-state index in [9.17, 15) is 18.0 Å². The number of hydrogen-bond acceptors (Lipinski definition) is 5. The van der Waals surface area contributed by atoms with Crippen LogP contribution in [0.1, 0.15) is 27.3 Å². The predicted molar refractivity (Wildman–Crippen MR) is 95.3 cm³/mol. The van der Waals surface area contributed by atoms with Crippen LogP contribution in [0.15, 0.2) is 45.9 Å². The topological polar surface area (TPSA) is 144 Å². The van der Waals surface area contributed by atoms with Gasteiger partial charge in [0.25, 0.3) is 11.8 Å². The number of halogens is 1. The SMILES string of the molecule is N#CCCNS(=O)(=O)c1ccc(C(=O)NNC(=O)c2cc(Br)c[nH]2)cc1. The first kappa shape index (κ1) is 19.6. The minimum absolute atomic E-state index is 0.00194.